The van der Waals surface area contributed by atoms with E-state index in [1.165, 1.54) is 6.92 Å². The number of carbonyl (C=O) groups excluding carboxylic acids is 2. The second-order valence-corrected chi connectivity index (χ2v) is 6.16. The highest BCUT2D eigenvalue weighted by molar-refractivity contribution is 6.02. The normalized spacial score (nSPS) is 17.8. The molecule has 5 nitrogen and oxygen atoms in total. The Balaban J connectivity index is 2.20. The maximum absolute atomic E-state index is 13.3. The van der Waals surface area contributed by atoms with Crippen LogP contribution in [0.4, 0.5) is 30.7 Å². The van der Waals surface area contributed by atoms with Crippen LogP contribution in [0, 0.1) is 0 Å². The lowest BCUT2D eigenvalue weighted by Crippen LogP contribution is -2.52. The molecule has 1 aromatic rings. The number of ether oxygens (including phenoxy) is 2. The van der Waals surface area contributed by atoms with E-state index in [1.807, 2.05) is 0 Å². The molecule has 0 N–H and O–H groups in total. The quantitative estimate of drug-likeness (QED) is 0.186. The number of ketones is 2. The van der Waals surface area contributed by atoms with Crippen molar-refractivity contribution in [1.29, 1.82) is 0 Å². The molecule has 0 fully saturated rings. The topological polar surface area (TPSA) is 65.0 Å². The molecule has 0 aliphatic carbocycles. The van der Waals surface area contributed by atoms with Crippen molar-refractivity contribution in [3.63, 3.8) is 0 Å². The van der Waals surface area contributed by atoms with Crippen LogP contribution in [-0.4, -0.2) is 36.7 Å². The van der Waals surface area contributed by atoms with Crippen molar-refractivity contribution in [2.24, 2.45) is 4.99 Å². The van der Waals surface area contributed by atoms with Crippen LogP contribution >= 0.6 is 0 Å². The van der Waals surface area contributed by atoms with E-state index < -0.39 is 65.6 Å². The van der Waals surface area contributed by atoms with E-state index in [0.29, 0.717) is 12.1 Å². The molecule has 1 aliphatic rings. The molecule has 1 heterocycles. The second-order valence-electron chi connectivity index (χ2n) is 6.16. The van der Waals surface area contributed by atoms with E-state index in [0.717, 1.165) is 18.2 Å². The van der Waals surface area contributed by atoms with Gasteiger partial charge in [0.15, 0.2) is 23.1 Å². The summed E-state index contributed by atoms with van der Waals surface area (Å²) in [6.45, 7) is 4.24. The number of carbonyl (C=O) groups is 2. The van der Waals surface area contributed by atoms with Crippen LogP contribution in [0.2, 0.25) is 0 Å². The van der Waals surface area contributed by atoms with Gasteiger partial charge in [-0.2, -0.15) is 30.7 Å². The minimum atomic E-state index is -4.99. The number of Topliss-reactive ketones (excluding diaryl/α,β-unsaturated/α-hetero) is 2. The molecule has 0 radical (unpaired) electrons. The van der Waals surface area contributed by atoms with E-state index in [4.69, 9.17) is 0 Å². The van der Waals surface area contributed by atoms with Crippen molar-refractivity contribution in [2.45, 2.75) is 38.2 Å². The highest BCUT2D eigenvalue weighted by atomic mass is 19.4. The summed E-state index contributed by atoms with van der Waals surface area (Å²) >= 11 is 0. The van der Waals surface area contributed by atoms with Crippen molar-refractivity contribution in [1.82, 2.24) is 0 Å². The van der Waals surface area contributed by atoms with Crippen LogP contribution in [0.25, 0.3) is 0 Å². The Bertz CT molecular complexity index is 964. The van der Waals surface area contributed by atoms with Gasteiger partial charge in [0.05, 0.1) is 5.57 Å². The molecule has 0 atom stereocenters. The summed E-state index contributed by atoms with van der Waals surface area (Å²) < 4.78 is 99.9. The van der Waals surface area contributed by atoms with Crippen molar-refractivity contribution < 1.29 is 49.8 Å². The third-order valence-electron chi connectivity index (χ3n) is 3.98. The number of benzene rings is 1. The average molecular weight is 453 g/mol. The van der Waals surface area contributed by atoms with E-state index in [9.17, 15) is 40.3 Å². The van der Waals surface area contributed by atoms with Gasteiger partial charge in [-0.15, -0.1) is 0 Å². The fourth-order valence-corrected chi connectivity index (χ4v) is 2.53. The minimum Gasteiger partial charge on any atom is -0.421 e. The maximum atomic E-state index is 13.3. The highest BCUT2D eigenvalue weighted by Crippen LogP contribution is 2.47. The summed E-state index contributed by atoms with van der Waals surface area (Å²) in [7, 11) is 0. The van der Waals surface area contributed by atoms with Gasteiger partial charge in [-0.3, -0.25) is 14.6 Å². The van der Waals surface area contributed by atoms with Crippen molar-refractivity contribution in [2.75, 3.05) is 0 Å². The zero-order chi connectivity index (χ0) is 23.6. The predicted octanol–water partition coefficient (Wildman–Crippen LogP) is 5.27. The molecule has 12 heteroatoms. The van der Waals surface area contributed by atoms with Crippen LogP contribution in [-0.2, 0) is 4.79 Å². The van der Waals surface area contributed by atoms with Gasteiger partial charge >= 0.3 is 18.4 Å². The Hall–Kier alpha value is -3.18. The number of halogens is 7. The van der Waals surface area contributed by atoms with Crippen LogP contribution in [0.1, 0.15) is 30.1 Å². The first kappa shape index (κ1) is 24.1. The smallest absolute Gasteiger partial charge is 0.421 e. The number of hydrogen-bond donors (Lipinski definition) is 0. The first-order valence-corrected chi connectivity index (χ1v) is 8.48. The van der Waals surface area contributed by atoms with Crippen LogP contribution in [0.15, 0.2) is 46.6 Å². The maximum Gasteiger partial charge on any atom is 0.507 e. The Morgan fingerprint density at radius 2 is 1.65 bits per heavy atom. The molecule has 0 aromatic heterocycles. The summed E-state index contributed by atoms with van der Waals surface area (Å²) in [5, 5.41) is 0. The van der Waals surface area contributed by atoms with E-state index in [1.54, 1.807) is 0 Å². The molecular formula is C19H14F7NO4. The average Bonchev–Trinajstić information content (AvgIpc) is 2.65. The number of fused-ring (bicyclic) bond motifs is 1. The van der Waals surface area contributed by atoms with Gasteiger partial charge in [0.1, 0.15) is 5.70 Å². The van der Waals surface area contributed by atoms with Crippen molar-refractivity contribution >= 4 is 18.3 Å². The molecule has 1 aliphatic heterocycles. The fourth-order valence-electron chi connectivity index (χ4n) is 2.53. The zero-order valence-corrected chi connectivity index (χ0v) is 15.7. The van der Waals surface area contributed by atoms with E-state index >= 15 is 0 Å². The van der Waals surface area contributed by atoms with Gasteiger partial charge in [0, 0.05) is 18.4 Å². The molecule has 2 rings (SSSR count). The Kier molecular flexibility index (Phi) is 6.62. The van der Waals surface area contributed by atoms with Crippen LogP contribution in [0.3, 0.4) is 0 Å². The second kappa shape index (κ2) is 8.52. The summed E-state index contributed by atoms with van der Waals surface area (Å²) in [4.78, 5) is 27.5. The lowest BCUT2D eigenvalue weighted by Gasteiger charge is -2.31. The molecule has 168 valence electrons. The first-order valence-electron chi connectivity index (χ1n) is 8.48. The fraction of sp³-hybridized carbons (Fsp3) is 0.316. The molecule has 1 aromatic carbocycles. The third-order valence-corrected chi connectivity index (χ3v) is 3.98. The van der Waals surface area contributed by atoms with Crippen LogP contribution in [0.5, 0.6) is 11.5 Å². The Labute approximate surface area is 170 Å². The monoisotopic (exact) mass is 453 g/mol. The first-order chi connectivity index (χ1) is 14.2. The Morgan fingerprint density at radius 1 is 1.06 bits per heavy atom. The minimum absolute atomic E-state index is 0.308. The summed E-state index contributed by atoms with van der Waals surface area (Å²) in [5.41, 5.74) is -2.63. The molecular weight excluding hydrogens is 439 g/mol. The number of allylic oxidation sites excluding steroid dienone is 4. The number of rotatable bonds is 7. The summed E-state index contributed by atoms with van der Waals surface area (Å²) in [6, 6.07) is 2.45. The van der Waals surface area contributed by atoms with Crippen molar-refractivity contribution in [3.05, 3.63) is 47.2 Å². The van der Waals surface area contributed by atoms with Gasteiger partial charge in [0.25, 0.3) is 0 Å². The third kappa shape index (κ3) is 5.12. The van der Waals surface area contributed by atoms with Crippen molar-refractivity contribution in [3.8, 4) is 11.5 Å². The van der Waals surface area contributed by atoms with Crippen LogP contribution < -0.4 is 9.47 Å². The molecule has 0 unspecified atom stereocenters. The lowest BCUT2D eigenvalue weighted by molar-refractivity contribution is -0.391. The van der Waals surface area contributed by atoms with Gasteiger partial charge in [-0.1, -0.05) is 12.2 Å². The van der Waals surface area contributed by atoms with E-state index in [-0.39, 0.29) is 5.56 Å². The zero-order valence-electron chi connectivity index (χ0n) is 15.7. The van der Waals surface area contributed by atoms with Gasteiger partial charge in [0.2, 0.25) is 0 Å². The Morgan fingerprint density at radius 3 is 2.16 bits per heavy atom. The molecule has 0 amide bonds. The van der Waals surface area contributed by atoms with Gasteiger partial charge in [-0.05, 0) is 31.8 Å². The highest BCUT2D eigenvalue weighted by Gasteiger charge is 2.65. The molecule has 0 saturated heterocycles. The van der Waals surface area contributed by atoms with Gasteiger partial charge in [-0.25, -0.2) is 0 Å². The number of alkyl halides is 7. The molecule has 0 bridgehead atoms. The SMILES string of the molecule is C=N/C(C(=O)CCC(=O)c1ccc2c(c1)OC(F)(F)C(F)(F)O2)=C(\C=C/C)C(F)(F)F. The number of hydrogen-bond acceptors (Lipinski definition) is 5. The largest absolute Gasteiger partial charge is 0.507 e. The standard InChI is InChI=1S/C19H14F7NO4/c1-3-4-11(17(20,21)22)16(27-2)13(29)7-6-12(28)10-5-8-14-15(9-10)31-19(25,26)18(23,24)30-14/h3-5,8-9H,2,6-7H2,1H3/b4-3-,16-11+. The molecule has 31 heavy (non-hydrogen) atoms. The predicted molar refractivity (Wildman–Crippen MR) is 93.6 cm³/mol. The molecule has 0 spiro atoms. The van der Waals surface area contributed by atoms with E-state index in [2.05, 4.69) is 21.2 Å². The molecule has 0 saturated carbocycles. The number of nitrogens with zero attached hydrogens (tertiary/aromatic N) is 1. The number of aliphatic imine (C=N–C) groups is 1. The summed E-state index contributed by atoms with van der Waals surface area (Å²) in [6.07, 6.45) is -14.5. The summed E-state index contributed by atoms with van der Waals surface area (Å²) in [5.74, 6) is -3.56. The lowest BCUT2D eigenvalue weighted by atomic mass is 10.0. The van der Waals surface area contributed by atoms with Gasteiger partial charge < -0.3 is 9.47 Å².